The van der Waals surface area contributed by atoms with Gasteiger partial charge in [0.15, 0.2) is 5.96 Å². The summed E-state index contributed by atoms with van der Waals surface area (Å²) >= 11 is 0. The first kappa shape index (κ1) is 20.4. The Balaban J connectivity index is 0.00000225. The zero-order chi connectivity index (χ0) is 16.6. The molecule has 0 aromatic carbocycles. The summed E-state index contributed by atoms with van der Waals surface area (Å²) in [5, 5.41) is 15.2. The van der Waals surface area contributed by atoms with E-state index in [0.29, 0.717) is 6.04 Å². The zero-order valence-electron chi connectivity index (χ0n) is 15.1. The lowest BCUT2D eigenvalue weighted by Gasteiger charge is -2.18. The Kier molecular flexibility index (Phi) is 8.94. The molecule has 8 heteroatoms. The molecule has 3 rings (SSSR count). The third-order valence-corrected chi connectivity index (χ3v) is 4.83. The molecule has 7 nitrogen and oxygen atoms in total. The van der Waals surface area contributed by atoms with Crippen molar-refractivity contribution in [1.29, 1.82) is 0 Å². The zero-order valence-corrected chi connectivity index (χ0v) is 17.4. The quantitative estimate of drug-likeness (QED) is 0.369. The van der Waals surface area contributed by atoms with E-state index in [4.69, 9.17) is 9.73 Å². The van der Waals surface area contributed by atoms with E-state index in [1.807, 2.05) is 0 Å². The molecular formula is C17H31IN6O. The molecule has 1 aliphatic carbocycles. The molecule has 1 aliphatic heterocycles. The monoisotopic (exact) mass is 462 g/mol. The normalized spacial score (nSPS) is 21.3. The van der Waals surface area contributed by atoms with Gasteiger partial charge in [-0.3, -0.25) is 4.99 Å². The minimum atomic E-state index is 0. The number of hydrogen-bond acceptors (Lipinski definition) is 4. The maximum atomic E-state index is 5.68. The van der Waals surface area contributed by atoms with Crippen LogP contribution < -0.4 is 10.6 Å². The van der Waals surface area contributed by atoms with E-state index in [9.17, 15) is 0 Å². The number of aryl methyl sites for hydroxylation is 1. The Morgan fingerprint density at radius 1 is 1.32 bits per heavy atom. The van der Waals surface area contributed by atoms with Crippen LogP contribution in [0, 0.1) is 0 Å². The van der Waals surface area contributed by atoms with Crippen LogP contribution in [0.3, 0.4) is 0 Å². The average Bonchev–Trinajstić information content (AvgIpc) is 3.34. The maximum Gasteiger partial charge on any atom is 0.191 e. The second kappa shape index (κ2) is 10.9. The van der Waals surface area contributed by atoms with E-state index in [2.05, 4.69) is 32.3 Å². The van der Waals surface area contributed by atoms with Crippen LogP contribution in [0.2, 0.25) is 0 Å². The first-order chi connectivity index (χ1) is 11.8. The molecule has 2 N–H and O–H groups in total. The number of aromatic nitrogens is 3. The molecule has 1 saturated carbocycles. The minimum absolute atomic E-state index is 0. The molecule has 1 aromatic rings. The Bertz CT molecular complexity index is 523. The van der Waals surface area contributed by atoms with Crippen LogP contribution in [0.25, 0.3) is 0 Å². The van der Waals surface area contributed by atoms with Gasteiger partial charge in [0.1, 0.15) is 12.2 Å². The maximum absolute atomic E-state index is 5.68. The van der Waals surface area contributed by atoms with Gasteiger partial charge in [0.2, 0.25) is 0 Å². The number of guanidine groups is 1. The molecule has 1 aromatic heterocycles. The molecule has 142 valence electrons. The van der Waals surface area contributed by atoms with Gasteiger partial charge >= 0.3 is 0 Å². The van der Waals surface area contributed by atoms with Crippen LogP contribution in [0.4, 0.5) is 0 Å². The summed E-state index contributed by atoms with van der Waals surface area (Å²) in [5.41, 5.74) is 0. The molecule has 2 heterocycles. The number of nitrogens with zero attached hydrogens (tertiary/aromatic N) is 4. The van der Waals surface area contributed by atoms with Crippen LogP contribution in [0.5, 0.6) is 0 Å². The standard InChI is InChI=1S/C17H30N6O.HI/c1-2-16-22-20-13-23(16)10-9-18-17(21-14-6-3-4-7-14)19-12-15-8-5-11-24-15;/h13-15H,2-12H2,1H3,(H2,18,19,21);1H. The molecule has 2 aliphatic rings. The van der Waals surface area contributed by atoms with Gasteiger partial charge in [0.05, 0.1) is 12.6 Å². The summed E-state index contributed by atoms with van der Waals surface area (Å²) in [7, 11) is 0. The molecule has 1 atom stereocenters. The molecule has 2 fully saturated rings. The van der Waals surface area contributed by atoms with Gasteiger partial charge in [-0.2, -0.15) is 0 Å². The summed E-state index contributed by atoms with van der Waals surface area (Å²) in [4.78, 5) is 4.76. The predicted octanol–water partition coefficient (Wildman–Crippen LogP) is 2.12. The molecule has 0 radical (unpaired) electrons. The SMILES string of the molecule is CCc1nncn1CCNC(=NCC1CCCO1)NC1CCCC1.I. The largest absolute Gasteiger partial charge is 0.376 e. The van der Waals surface area contributed by atoms with E-state index in [-0.39, 0.29) is 30.1 Å². The van der Waals surface area contributed by atoms with Crippen molar-refractivity contribution in [2.45, 2.75) is 70.6 Å². The number of ether oxygens (including phenoxy) is 1. The number of rotatable bonds is 7. The topological polar surface area (TPSA) is 76.4 Å². The molecule has 0 amide bonds. The van der Waals surface area contributed by atoms with Crippen molar-refractivity contribution in [3.63, 3.8) is 0 Å². The fraction of sp³-hybridized carbons (Fsp3) is 0.824. The lowest BCUT2D eigenvalue weighted by Crippen LogP contribution is -2.44. The van der Waals surface area contributed by atoms with Crippen LogP contribution in [0.15, 0.2) is 11.3 Å². The summed E-state index contributed by atoms with van der Waals surface area (Å²) in [6.45, 7) is 5.39. The van der Waals surface area contributed by atoms with Crippen LogP contribution in [-0.4, -0.2) is 52.6 Å². The van der Waals surface area contributed by atoms with Crippen molar-refractivity contribution in [3.05, 3.63) is 12.2 Å². The number of aliphatic imine (C=N–C) groups is 1. The predicted molar refractivity (Wildman–Crippen MR) is 109 cm³/mol. The van der Waals surface area contributed by atoms with Gasteiger partial charge in [-0.1, -0.05) is 19.8 Å². The van der Waals surface area contributed by atoms with Crippen molar-refractivity contribution in [3.8, 4) is 0 Å². The summed E-state index contributed by atoms with van der Waals surface area (Å²) < 4.78 is 7.78. The Morgan fingerprint density at radius 3 is 2.88 bits per heavy atom. The summed E-state index contributed by atoms with van der Waals surface area (Å²) in [6, 6.07) is 0.557. The number of hydrogen-bond donors (Lipinski definition) is 2. The first-order valence-electron chi connectivity index (χ1n) is 9.38. The van der Waals surface area contributed by atoms with Gasteiger partial charge in [0.25, 0.3) is 0 Å². The third kappa shape index (κ3) is 6.40. The molecule has 1 unspecified atom stereocenters. The van der Waals surface area contributed by atoms with Gasteiger partial charge in [-0.15, -0.1) is 34.2 Å². The molecule has 0 spiro atoms. The molecule has 1 saturated heterocycles. The second-order valence-electron chi connectivity index (χ2n) is 6.67. The Morgan fingerprint density at radius 2 is 2.16 bits per heavy atom. The molecular weight excluding hydrogens is 431 g/mol. The molecule has 0 bridgehead atoms. The fourth-order valence-electron chi connectivity index (χ4n) is 3.43. The van der Waals surface area contributed by atoms with E-state index in [1.54, 1.807) is 6.33 Å². The van der Waals surface area contributed by atoms with Crippen molar-refractivity contribution < 1.29 is 4.74 Å². The highest BCUT2D eigenvalue weighted by Gasteiger charge is 2.18. The van der Waals surface area contributed by atoms with E-state index in [1.165, 1.54) is 25.7 Å². The first-order valence-corrected chi connectivity index (χ1v) is 9.38. The molecule has 25 heavy (non-hydrogen) atoms. The van der Waals surface area contributed by atoms with E-state index >= 15 is 0 Å². The Hall–Kier alpha value is -0.900. The van der Waals surface area contributed by atoms with Gasteiger partial charge < -0.3 is 19.9 Å². The fourth-order valence-corrected chi connectivity index (χ4v) is 3.43. The van der Waals surface area contributed by atoms with Crippen LogP contribution in [0.1, 0.15) is 51.3 Å². The van der Waals surface area contributed by atoms with Crippen LogP contribution >= 0.6 is 24.0 Å². The van der Waals surface area contributed by atoms with Crippen molar-refractivity contribution in [2.24, 2.45) is 4.99 Å². The van der Waals surface area contributed by atoms with E-state index in [0.717, 1.165) is 57.3 Å². The lowest BCUT2D eigenvalue weighted by molar-refractivity contribution is 0.117. The highest BCUT2D eigenvalue weighted by molar-refractivity contribution is 14.0. The van der Waals surface area contributed by atoms with Crippen molar-refractivity contribution in [1.82, 2.24) is 25.4 Å². The van der Waals surface area contributed by atoms with Crippen molar-refractivity contribution >= 4 is 29.9 Å². The Labute approximate surface area is 167 Å². The second-order valence-corrected chi connectivity index (χ2v) is 6.67. The van der Waals surface area contributed by atoms with Gasteiger partial charge in [-0.25, -0.2) is 0 Å². The lowest BCUT2D eigenvalue weighted by atomic mass is 10.2. The smallest absolute Gasteiger partial charge is 0.191 e. The third-order valence-electron chi connectivity index (χ3n) is 4.83. The summed E-state index contributed by atoms with van der Waals surface area (Å²) in [5.74, 6) is 1.95. The highest BCUT2D eigenvalue weighted by Crippen LogP contribution is 2.17. The van der Waals surface area contributed by atoms with Crippen molar-refractivity contribution in [2.75, 3.05) is 19.7 Å². The van der Waals surface area contributed by atoms with E-state index < -0.39 is 0 Å². The van der Waals surface area contributed by atoms with Gasteiger partial charge in [0, 0.05) is 32.2 Å². The van der Waals surface area contributed by atoms with Crippen LogP contribution in [-0.2, 0) is 17.7 Å². The number of nitrogens with one attached hydrogen (secondary N) is 2. The summed E-state index contributed by atoms with van der Waals surface area (Å²) in [6.07, 6.45) is 10.4. The minimum Gasteiger partial charge on any atom is -0.376 e. The highest BCUT2D eigenvalue weighted by atomic mass is 127. The average molecular weight is 462 g/mol. The van der Waals surface area contributed by atoms with Gasteiger partial charge in [-0.05, 0) is 25.7 Å². The number of halogens is 1.